The lowest BCUT2D eigenvalue weighted by Crippen LogP contribution is -2.30. The Hall–Kier alpha value is -3.23. The van der Waals surface area contributed by atoms with Gasteiger partial charge in [-0.2, -0.15) is 4.98 Å². The molecule has 3 aromatic rings. The summed E-state index contributed by atoms with van der Waals surface area (Å²) < 4.78 is 2.12. The van der Waals surface area contributed by atoms with Crippen LogP contribution in [0.5, 0.6) is 0 Å². The van der Waals surface area contributed by atoms with E-state index in [4.69, 9.17) is 0 Å². The van der Waals surface area contributed by atoms with Gasteiger partial charge in [0.05, 0.1) is 18.0 Å². The average molecular weight is 392 g/mol. The molecule has 1 aliphatic carbocycles. The van der Waals surface area contributed by atoms with Crippen LogP contribution < -0.4 is 15.5 Å². The third kappa shape index (κ3) is 3.06. The first-order chi connectivity index (χ1) is 14.0. The second kappa shape index (κ2) is 6.68. The van der Waals surface area contributed by atoms with Crippen molar-refractivity contribution in [3.8, 4) is 0 Å². The highest BCUT2D eigenvalue weighted by molar-refractivity contribution is 5.82. The van der Waals surface area contributed by atoms with Gasteiger partial charge in [0.15, 0.2) is 0 Å². The fourth-order valence-electron chi connectivity index (χ4n) is 4.36. The van der Waals surface area contributed by atoms with Gasteiger partial charge in [-0.05, 0) is 31.7 Å². The first-order valence-corrected chi connectivity index (χ1v) is 9.94. The van der Waals surface area contributed by atoms with E-state index < -0.39 is 0 Å². The van der Waals surface area contributed by atoms with E-state index in [1.165, 1.54) is 0 Å². The summed E-state index contributed by atoms with van der Waals surface area (Å²) in [6.45, 7) is 5.90. The minimum Gasteiger partial charge on any atom is -0.359 e. The van der Waals surface area contributed by atoms with Crippen LogP contribution in [0.25, 0.3) is 11.0 Å². The fourth-order valence-corrected chi connectivity index (χ4v) is 4.36. The Morgan fingerprint density at radius 3 is 2.69 bits per heavy atom. The quantitative estimate of drug-likeness (QED) is 0.685. The van der Waals surface area contributed by atoms with Gasteiger partial charge < -0.3 is 20.1 Å². The maximum absolute atomic E-state index is 11.8. The summed E-state index contributed by atoms with van der Waals surface area (Å²) in [4.78, 5) is 31.9. The third-order valence-electron chi connectivity index (χ3n) is 5.94. The van der Waals surface area contributed by atoms with Crippen molar-refractivity contribution in [2.24, 2.45) is 17.8 Å². The molecule has 9 heteroatoms. The molecule has 2 aliphatic rings. The lowest BCUT2D eigenvalue weighted by molar-refractivity contribution is -0.122. The van der Waals surface area contributed by atoms with E-state index in [0.717, 1.165) is 24.1 Å². The van der Waals surface area contributed by atoms with Gasteiger partial charge in [-0.15, -0.1) is 0 Å². The number of carbonyl (C=O) groups is 1. The highest BCUT2D eigenvalue weighted by Crippen LogP contribution is 2.52. The molecular weight excluding hydrogens is 368 g/mol. The minimum absolute atomic E-state index is 0.151. The number of imidazole rings is 1. The molecule has 2 N–H and O–H groups in total. The highest BCUT2D eigenvalue weighted by atomic mass is 16.2. The monoisotopic (exact) mass is 392 g/mol. The number of carbonyl (C=O) groups excluding carboxylic acids is 1. The third-order valence-corrected chi connectivity index (χ3v) is 5.94. The number of hydrogen-bond acceptors (Lipinski definition) is 7. The normalized spacial score (nSPS) is 22.8. The molecule has 2 atom stereocenters. The van der Waals surface area contributed by atoms with Gasteiger partial charge in [0.25, 0.3) is 0 Å². The fraction of sp³-hybridized carbons (Fsp3) is 0.450. The topological polar surface area (TPSA) is 101 Å². The van der Waals surface area contributed by atoms with Crippen molar-refractivity contribution in [2.45, 2.75) is 19.9 Å². The van der Waals surface area contributed by atoms with Gasteiger partial charge in [-0.25, -0.2) is 15.0 Å². The van der Waals surface area contributed by atoms with Crippen LogP contribution in [0.15, 0.2) is 30.9 Å². The maximum atomic E-state index is 11.8. The summed E-state index contributed by atoms with van der Waals surface area (Å²) in [5.74, 6) is 3.23. The van der Waals surface area contributed by atoms with Crippen molar-refractivity contribution in [2.75, 3.05) is 30.4 Å². The number of nitrogens with zero attached hydrogens (tertiary/aromatic N) is 6. The molecule has 5 rings (SSSR count). The zero-order valence-corrected chi connectivity index (χ0v) is 16.7. The van der Waals surface area contributed by atoms with Crippen molar-refractivity contribution < 1.29 is 4.79 Å². The summed E-state index contributed by atoms with van der Waals surface area (Å²) in [6, 6.07) is 4.14. The van der Waals surface area contributed by atoms with E-state index in [1.54, 1.807) is 19.4 Å². The Morgan fingerprint density at radius 2 is 1.97 bits per heavy atom. The van der Waals surface area contributed by atoms with Crippen molar-refractivity contribution >= 4 is 34.5 Å². The van der Waals surface area contributed by atoms with Crippen LogP contribution >= 0.6 is 0 Å². The predicted molar refractivity (Wildman–Crippen MR) is 110 cm³/mol. The van der Waals surface area contributed by atoms with Gasteiger partial charge in [0.1, 0.15) is 17.2 Å². The molecule has 0 radical (unpaired) electrons. The van der Waals surface area contributed by atoms with Crippen LogP contribution in [0.3, 0.4) is 0 Å². The minimum atomic E-state index is 0.151. The van der Waals surface area contributed by atoms with Gasteiger partial charge in [0, 0.05) is 44.4 Å². The zero-order chi connectivity index (χ0) is 20.1. The Labute approximate surface area is 168 Å². The maximum Gasteiger partial charge on any atom is 0.227 e. The summed E-state index contributed by atoms with van der Waals surface area (Å²) in [6.07, 6.45) is 5.36. The molecule has 3 aromatic heterocycles. The number of amides is 1. The summed E-state index contributed by atoms with van der Waals surface area (Å²) in [5.41, 5.74) is 1.90. The number of aromatic nitrogens is 5. The molecule has 0 aromatic carbocycles. The molecule has 2 unspecified atom stereocenters. The zero-order valence-electron chi connectivity index (χ0n) is 16.7. The summed E-state index contributed by atoms with van der Waals surface area (Å²) in [5, 5.41) is 6.04. The Balaban J connectivity index is 1.32. The number of nitrogens with one attached hydrogen (secondary N) is 2. The largest absolute Gasteiger partial charge is 0.359 e. The van der Waals surface area contributed by atoms with Gasteiger partial charge in [-0.3, -0.25) is 4.79 Å². The van der Waals surface area contributed by atoms with Crippen molar-refractivity contribution in [1.82, 2.24) is 29.8 Å². The Bertz CT molecular complexity index is 1070. The van der Waals surface area contributed by atoms with E-state index in [9.17, 15) is 4.79 Å². The Morgan fingerprint density at radius 1 is 1.17 bits per heavy atom. The number of anilines is 3. The second-order valence-electron chi connectivity index (χ2n) is 8.04. The Kier molecular flexibility index (Phi) is 4.11. The molecule has 1 amide bonds. The highest BCUT2D eigenvalue weighted by Gasteiger charge is 2.59. The van der Waals surface area contributed by atoms with Gasteiger partial charge >= 0.3 is 0 Å². The van der Waals surface area contributed by atoms with Crippen LogP contribution in [-0.2, 0) is 4.79 Å². The number of rotatable bonds is 5. The smallest absolute Gasteiger partial charge is 0.227 e. The van der Waals surface area contributed by atoms with E-state index in [-0.39, 0.29) is 11.8 Å². The molecule has 0 bridgehead atoms. The number of piperidine rings is 1. The summed E-state index contributed by atoms with van der Waals surface area (Å²) in [7, 11) is 1.70. The number of hydrogen-bond donors (Lipinski definition) is 2. The standard InChI is InChI=1S/C20H24N8O/c1-11(2)28-10-24-14-7-23-17(6-15(14)28)25-16-4-5-22-20(26-16)27-8-12-13(9-27)18(12)19(29)21-3/h4-7,10-13,18H,8-9H2,1-3H3,(H,21,29)(H,22,23,25,26). The van der Waals surface area contributed by atoms with Crippen molar-refractivity contribution in [1.29, 1.82) is 0 Å². The summed E-state index contributed by atoms with van der Waals surface area (Å²) >= 11 is 0. The molecule has 1 saturated heterocycles. The predicted octanol–water partition coefficient (Wildman–Crippen LogP) is 1.97. The number of fused-ring (bicyclic) bond motifs is 2. The molecule has 0 spiro atoms. The lowest BCUT2D eigenvalue weighted by Gasteiger charge is -2.20. The lowest BCUT2D eigenvalue weighted by atomic mass is 10.2. The van der Waals surface area contributed by atoms with E-state index in [0.29, 0.717) is 35.5 Å². The first kappa shape index (κ1) is 17.8. The van der Waals surface area contributed by atoms with Gasteiger partial charge in [-0.1, -0.05) is 0 Å². The van der Waals surface area contributed by atoms with Crippen LogP contribution in [0.2, 0.25) is 0 Å². The van der Waals surface area contributed by atoms with Crippen LogP contribution in [0, 0.1) is 17.8 Å². The molecule has 9 nitrogen and oxygen atoms in total. The average Bonchev–Trinajstić information content (AvgIpc) is 3.07. The van der Waals surface area contributed by atoms with Crippen molar-refractivity contribution in [3.05, 3.63) is 30.9 Å². The molecule has 2 fully saturated rings. The van der Waals surface area contributed by atoms with Crippen LogP contribution in [0.1, 0.15) is 19.9 Å². The van der Waals surface area contributed by atoms with E-state index in [2.05, 4.69) is 53.9 Å². The molecular formula is C20H24N8O. The molecule has 150 valence electrons. The van der Waals surface area contributed by atoms with Crippen LogP contribution in [-0.4, -0.2) is 50.5 Å². The van der Waals surface area contributed by atoms with Crippen molar-refractivity contribution in [3.63, 3.8) is 0 Å². The molecule has 1 aliphatic heterocycles. The molecule has 29 heavy (non-hydrogen) atoms. The molecule has 1 saturated carbocycles. The van der Waals surface area contributed by atoms with E-state index >= 15 is 0 Å². The van der Waals surface area contributed by atoms with Gasteiger partial charge in [0.2, 0.25) is 11.9 Å². The SMILES string of the molecule is CNC(=O)C1C2CN(c3nccc(Nc4cc5c(cn4)ncn5C(C)C)n3)CC21. The van der Waals surface area contributed by atoms with E-state index in [1.807, 2.05) is 18.5 Å². The van der Waals surface area contributed by atoms with Crippen LogP contribution in [0.4, 0.5) is 17.6 Å². The molecule has 4 heterocycles. The second-order valence-corrected chi connectivity index (χ2v) is 8.04. The number of pyridine rings is 1. The first-order valence-electron chi connectivity index (χ1n) is 9.94.